The highest BCUT2D eigenvalue weighted by Gasteiger charge is 2.10. The summed E-state index contributed by atoms with van der Waals surface area (Å²) >= 11 is 0. The summed E-state index contributed by atoms with van der Waals surface area (Å²) in [7, 11) is 1.72. The van der Waals surface area contributed by atoms with E-state index in [1.54, 1.807) is 41.0 Å². The van der Waals surface area contributed by atoms with E-state index in [1.165, 1.54) is 6.07 Å². The van der Waals surface area contributed by atoms with E-state index in [9.17, 15) is 9.18 Å². The molecule has 2 aromatic carbocycles. The minimum atomic E-state index is -0.247. The van der Waals surface area contributed by atoms with Gasteiger partial charge in [-0.2, -0.15) is 5.10 Å². The van der Waals surface area contributed by atoms with Crippen LogP contribution in [0.4, 0.5) is 9.18 Å². The molecule has 0 saturated heterocycles. The minimum absolute atomic E-state index is 0.200. The van der Waals surface area contributed by atoms with E-state index in [1.807, 2.05) is 36.5 Å². The highest BCUT2D eigenvalue weighted by Crippen LogP contribution is 2.09. The van der Waals surface area contributed by atoms with Gasteiger partial charge >= 0.3 is 6.03 Å². The van der Waals surface area contributed by atoms with Crippen LogP contribution in [0, 0.1) is 5.82 Å². The smallest absolute Gasteiger partial charge is 0.317 e. The molecule has 3 rings (SSSR count). The molecule has 0 bridgehead atoms. The number of para-hydroxylation sites is 1. The Balaban J connectivity index is 1.50. The van der Waals surface area contributed by atoms with Gasteiger partial charge in [-0.25, -0.2) is 13.9 Å². The van der Waals surface area contributed by atoms with Crippen LogP contribution >= 0.6 is 0 Å². The summed E-state index contributed by atoms with van der Waals surface area (Å²) in [5.74, 6) is -0.247. The molecule has 0 aliphatic rings. The predicted octanol–water partition coefficient (Wildman–Crippen LogP) is 3.40. The molecule has 0 radical (unpaired) electrons. The van der Waals surface area contributed by atoms with Crippen molar-refractivity contribution >= 4 is 6.03 Å². The Bertz CT molecular complexity index is 863. The van der Waals surface area contributed by atoms with Crippen molar-refractivity contribution < 1.29 is 9.18 Å². The lowest BCUT2D eigenvalue weighted by atomic mass is 10.1. The summed E-state index contributed by atoms with van der Waals surface area (Å²) in [4.78, 5) is 13.8. The fraction of sp³-hybridized carbons (Fsp3) is 0.200. The lowest BCUT2D eigenvalue weighted by Crippen LogP contribution is -2.37. The maximum absolute atomic E-state index is 13.6. The van der Waals surface area contributed by atoms with E-state index in [2.05, 4.69) is 10.4 Å². The van der Waals surface area contributed by atoms with E-state index in [-0.39, 0.29) is 11.8 Å². The average molecular weight is 352 g/mol. The van der Waals surface area contributed by atoms with Crippen LogP contribution in [-0.2, 0) is 13.0 Å². The van der Waals surface area contributed by atoms with E-state index < -0.39 is 0 Å². The van der Waals surface area contributed by atoms with Gasteiger partial charge in [-0.15, -0.1) is 0 Å². The summed E-state index contributed by atoms with van der Waals surface area (Å²) in [5.41, 5.74) is 2.50. The van der Waals surface area contributed by atoms with Gasteiger partial charge in [0, 0.05) is 25.4 Å². The lowest BCUT2D eigenvalue weighted by Gasteiger charge is -2.17. The van der Waals surface area contributed by atoms with Crippen molar-refractivity contribution in [3.8, 4) is 5.69 Å². The van der Waals surface area contributed by atoms with Crippen molar-refractivity contribution in [1.82, 2.24) is 20.0 Å². The third kappa shape index (κ3) is 4.47. The maximum Gasteiger partial charge on any atom is 0.317 e. The quantitative estimate of drug-likeness (QED) is 0.739. The predicted molar refractivity (Wildman–Crippen MR) is 98.5 cm³/mol. The molecule has 1 N–H and O–H groups in total. The molecule has 1 aromatic heterocycles. The van der Waals surface area contributed by atoms with Crippen molar-refractivity contribution in [1.29, 1.82) is 0 Å². The van der Waals surface area contributed by atoms with Crippen LogP contribution in [0.15, 0.2) is 67.0 Å². The number of nitrogens with zero attached hydrogens (tertiary/aromatic N) is 3. The van der Waals surface area contributed by atoms with Crippen molar-refractivity contribution in [2.24, 2.45) is 0 Å². The van der Waals surface area contributed by atoms with Crippen molar-refractivity contribution in [3.05, 3.63) is 83.9 Å². The van der Waals surface area contributed by atoms with Crippen molar-refractivity contribution in [2.45, 2.75) is 13.0 Å². The molecule has 6 heteroatoms. The molecular weight excluding hydrogens is 331 g/mol. The van der Waals surface area contributed by atoms with Gasteiger partial charge in [0.1, 0.15) is 5.82 Å². The molecule has 1 heterocycles. The molecule has 0 spiro atoms. The Kier molecular flexibility index (Phi) is 5.63. The normalized spacial score (nSPS) is 10.5. The van der Waals surface area contributed by atoms with E-state index in [0.717, 1.165) is 11.3 Å². The van der Waals surface area contributed by atoms with Gasteiger partial charge in [0.2, 0.25) is 0 Å². The average Bonchev–Trinajstić information content (AvgIpc) is 3.12. The lowest BCUT2D eigenvalue weighted by molar-refractivity contribution is 0.207. The van der Waals surface area contributed by atoms with E-state index in [0.29, 0.717) is 25.1 Å². The molecule has 5 nitrogen and oxygen atoms in total. The highest BCUT2D eigenvalue weighted by molar-refractivity contribution is 5.73. The molecule has 0 aliphatic carbocycles. The van der Waals surface area contributed by atoms with Gasteiger partial charge in [-0.3, -0.25) is 0 Å². The van der Waals surface area contributed by atoms with E-state index in [4.69, 9.17) is 0 Å². The van der Waals surface area contributed by atoms with Gasteiger partial charge in [0.15, 0.2) is 0 Å². The number of urea groups is 1. The summed E-state index contributed by atoms with van der Waals surface area (Å²) in [6, 6.07) is 16.2. The first-order valence-corrected chi connectivity index (χ1v) is 8.45. The van der Waals surface area contributed by atoms with E-state index >= 15 is 0 Å². The summed E-state index contributed by atoms with van der Waals surface area (Å²) in [6.07, 6.45) is 4.10. The van der Waals surface area contributed by atoms with Crippen LogP contribution in [0.2, 0.25) is 0 Å². The van der Waals surface area contributed by atoms with Crippen molar-refractivity contribution in [2.75, 3.05) is 13.6 Å². The summed E-state index contributed by atoms with van der Waals surface area (Å²) in [5, 5.41) is 7.14. The molecule has 0 saturated carbocycles. The first kappa shape index (κ1) is 17.7. The molecule has 2 amide bonds. The number of hydrogen-bond acceptors (Lipinski definition) is 2. The molecule has 26 heavy (non-hydrogen) atoms. The van der Waals surface area contributed by atoms with Gasteiger partial charge < -0.3 is 10.2 Å². The second kappa shape index (κ2) is 8.29. The largest absolute Gasteiger partial charge is 0.338 e. The highest BCUT2D eigenvalue weighted by atomic mass is 19.1. The fourth-order valence-electron chi connectivity index (χ4n) is 2.65. The summed E-state index contributed by atoms with van der Waals surface area (Å²) in [6.45, 7) is 0.825. The van der Waals surface area contributed by atoms with Crippen LogP contribution in [0.25, 0.3) is 5.69 Å². The standard InChI is InChI=1S/C20H21FN4O/c1-24(20(26)22-12-11-17-7-5-6-10-19(17)21)14-16-13-23-25(15-16)18-8-3-2-4-9-18/h2-10,13,15H,11-12,14H2,1H3,(H,22,26). The first-order valence-electron chi connectivity index (χ1n) is 8.45. The molecular formula is C20H21FN4O. The topological polar surface area (TPSA) is 50.2 Å². The Labute approximate surface area is 152 Å². The minimum Gasteiger partial charge on any atom is -0.338 e. The number of carbonyl (C=O) groups excluding carboxylic acids is 1. The van der Waals surface area contributed by atoms with Gasteiger partial charge in [0.05, 0.1) is 18.4 Å². The zero-order chi connectivity index (χ0) is 18.4. The molecule has 0 aliphatic heterocycles. The Morgan fingerprint density at radius 2 is 1.88 bits per heavy atom. The number of aromatic nitrogens is 2. The van der Waals surface area contributed by atoms with Crippen LogP contribution in [0.5, 0.6) is 0 Å². The SMILES string of the molecule is CN(Cc1cnn(-c2ccccc2)c1)C(=O)NCCc1ccccc1F. The van der Waals surface area contributed by atoms with Gasteiger partial charge in [-0.05, 0) is 30.2 Å². The van der Waals surface area contributed by atoms with Crippen LogP contribution in [-0.4, -0.2) is 34.3 Å². The second-order valence-electron chi connectivity index (χ2n) is 6.06. The van der Waals surface area contributed by atoms with Crippen LogP contribution < -0.4 is 5.32 Å². The van der Waals surface area contributed by atoms with Crippen LogP contribution in [0.3, 0.4) is 0 Å². The van der Waals surface area contributed by atoms with Crippen molar-refractivity contribution in [3.63, 3.8) is 0 Å². The monoisotopic (exact) mass is 352 g/mol. The molecule has 0 unspecified atom stereocenters. The van der Waals surface area contributed by atoms with Gasteiger partial charge in [-0.1, -0.05) is 36.4 Å². The number of rotatable bonds is 6. The second-order valence-corrected chi connectivity index (χ2v) is 6.06. The zero-order valence-corrected chi connectivity index (χ0v) is 14.6. The number of benzene rings is 2. The molecule has 0 fully saturated rings. The fourth-order valence-corrected chi connectivity index (χ4v) is 2.65. The number of amides is 2. The van der Waals surface area contributed by atoms with Gasteiger partial charge in [0.25, 0.3) is 0 Å². The molecule has 0 atom stereocenters. The molecule has 134 valence electrons. The summed E-state index contributed by atoms with van der Waals surface area (Å²) < 4.78 is 15.3. The van der Waals surface area contributed by atoms with Crippen LogP contribution in [0.1, 0.15) is 11.1 Å². The number of halogens is 1. The molecule has 3 aromatic rings. The Hall–Kier alpha value is -3.15. The third-order valence-electron chi connectivity index (χ3n) is 4.05. The third-order valence-corrected chi connectivity index (χ3v) is 4.05. The number of hydrogen-bond donors (Lipinski definition) is 1. The number of nitrogens with one attached hydrogen (secondary N) is 1. The number of carbonyl (C=O) groups is 1. The first-order chi connectivity index (χ1) is 12.6. The Morgan fingerprint density at radius 3 is 2.65 bits per heavy atom. The maximum atomic E-state index is 13.6. The zero-order valence-electron chi connectivity index (χ0n) is 14.6. The Morgan fingerprint density at radius 1 is 1.15 bits per heavy atom.